The molecule has 2 aliphatic rings. The van der Waals surface area contributed by atoms with Crippen molar-refractivity contribution in [1.29, 1.82) is 0 Å². The zero-order valence-electron chi connectivity index (χ0n) is 17.4. The number of aromatic nitrogens is 2. The Bertz CT molecular complexity index is 1210. The number of carbonyl (C=O) groups excluding carboxylic acids is 1. The van der Waals surface area contributed by atoms with E-state index in [-0.39, 0.29) is 11.3 Å². The zero-order valence-corrected chi connectivity index (χ0v) is 18.2. The summed E-state index contributed by atoms with van der Waals surface area (Å²) in [5, 5.41) is 14.5. The molecule has 2 fully saturated rings. The lowest BCUT2D eigenvalue weighted by Crippen LogP contribution is -2.36. The van der Waals surface area contributed by atoms with Crippen LogP contribution in [0.25, 0.3) is 10.9 Å². The number of fused-ring (bicyclic) bond motifs is 1. The summed E-state index contributed by atoms with van der Waals surface area (Å²) >= 11 is 6.48. The first-order chi connectivity index (χ1) is 15.5. The molecule has 0 radical (unpaired) electrons. The predicted octanol–water partition coefficient (Wildman–Crippen LogP) is 5.09. The fourth-order valence-electron chi connectivity index (χ4n) is 4.76. The molecule has 1 aliphatic heterocycles. The van der Waals surface area contributed by atoms with Crippen LogP contribution in [-0.2, 0) is 4.79 Å². The number of benzene rings is 2. The van der Waals surface area contributed by atoms with Crippen LogP contribution in [0.3, 0.4) is 0 Å². The molecule has 6 nitrogen and oxygen atoms in total. The standard InChI is InChI=1S/C24H23ClFN3O3/c25-17-7-2-6-16(14-4-1-5-14)20(17)23(30)29-19-9-3-8-18(26)21(19)22(27-29)28-12-10-15(11-13-28)24(31)32/h2-3,6-9,14-15H,1,4-5,10-13H2,(H,31,32). The number of halogens is 2. The van der Waals surface area contributed by atoms with E-state index < -0.39 is 17.7 Å². The van der Waals surface area contributed by atoms with E-state index in [4.69, 9.17) is 11.6 Å². The third-order valence-corrected chi connectivity index (χ3v) is 7.09. The van der Waals surface area contributed by atoms with Crippen molar-refractivity contribution in [2.24, 2.45) is 5.92 Å². The van der Waals surface area contributed by atoms with E-state index in [9.17, 15) is 19.1 Å². The molecule has 1 aromatic heterocycles. The van der Waals surface area contributed by atoms with E-state index in [1.54, 1.807) is 18.2 Å². The van der Waals surface area contributed by atoms with Crippen molar-refractivity contribution in [2.45, 2.75) is 38.0 Å². The second-order valence-electron chi connectivity index (χ2n) is 8.61. The lowest BCUT2D eigenvalue weighted by Gasteiger charge is -2.30. The number of rotatable bonds is 4. The average molecular weight is 456 g/mol. The molecule has 32 heavy (non-hydrogen) atoms. The van der Waals surface area contributed by atoms with Crippen LogP contribution in [0.4, 0.5) is 10.2 Å². The monoisotopic (exact) mass is 455 g/mol. The first kappa shape index (κ1) is 20.9. The minimum Gasteiger partial charge on any atom is -0.481 e. The lowest BCUT2D eigenvalue weighted by molar-refractivity contribution is -0.142. The zero-order chi connectivity index (χ0) is 22.4. The highest BCUT2D eigenvalue weighted by atomic mass is 35.5. The lowest BCUT2D eigenvalue weighted by atomic mass is 9.78. The summed E-state index contributed by atoms with van der Waals surface area (Å²) in [6.07, 6.45) is 4.04. The van der Waals surface area contributed by atoms with Crippen molar-refractivity contribution < 1.29 is 19.1 Å². The Morgan fingerprint density at radius 1 is 1.06 bits per heavy atom. The number of hydrogen-bond donors (Lipinski definition) is 1. The van der Waals surface area contributed by atoms with Crippen molar-refractivity contribution in [1.82, 2.24) is 9.78 Å². The van der Waals surface area contributed by atoms with Crippen LogP contribution in [0, 0.1) is 11.7 Å². The number of carboxylic acids is 1. The Labute approximate surface area is 189 Å². The van der Waals surface area contributed by atoms with Gasteiger partial charge in [0.1, 0.15) is 5.82 Å². The molecule has 5 rings (SSSR count). The fraction of sp³-hybridized carbons (Fsp3) is 0.375. The maximum atomic E-state index is 14.9. The maximum Gasteiger partial charge on any atom is 0.306 e. The van der Waals surface area contributed by atoms with Crippen molar-refractivity contribution in [3.05, 3.63) is 58.4 Å². The summed E-state index contributed by atoms with van der Waals surface area (Å²) in [5.74, 6) is -1.41. The van der Waals surface area contributed by atoms with Gasteiger partial charge in [0.25, 0.3) is 5.91 Å². The Hall–Kier alpha value is -2.93. The highest BCUT2D eigenvalue weighted by molar-refractivity contribution is 6.34. The van der Waals surface area contributed by atoms with Gasteiger partial charge in [-0.05, 0) is 55.4 Å². The number of hydrogen-bond acceptors (Lipinski definition) is 4. The Morgan fingerprint density at radius 3 is 2.44 bits per heavy atom. The molecule has 2 aromatic carbocycles. The van der Waals surface area contributed by atoms with Gasteiger partial charge in [-0.3, -0.25) is 9.59 Å². The maximum absolute atomic E-state index is 14.9. The Morgan fingerprint density at radius 2 is 1.78 bits per heavy atom. The SMILES string of the molecule is O=C(O)C1CCN(c2nn(C(=O)c3c(Cl)cccc3C3CCC3)c3cccc(F)c23)CC1. The van der Waals surface area contributed by atoms with Crippen LogP contribution in [-0.4, -0.2) is 39.9 Å². The number of anilines is 1. The van der Waals surface area contributed by atoms with E-state index in [0.29, 0.717) is 53.8 Å². The third-order valence-electron chi connectivity index (χ3n) is 6.78. The van der Waals surface area contributed by atoms with E-state index >= 15 is 0 Å². The highest BCUT2D eigenvalue weighted by Crippen LogP contribution is 2.40. The predicted molar refractivity (Wildman–Crippen MR) is 120 cm³/mol. The average Bonchev–Trinajstić information content (AvgIpc) is 3.13. The number of nitrogens with zero attached hydrogens (tertiary/aromatic N) is 3. The molecule has 3 aromatic rings. The molecule has 0 amide bonds. The molecule has 1 saturated carbocycles. The van der Waals surface area contributed by atoms with E-state index in [1.807, 2.05) is 17.0 Å². The van der Waals surface area contributed by atoms with Crippen LogP contribution in [0.15, 0.2) is 36.4 Å². The van der Waals surface area contributed by atoms with Gasteiger partial charge >= 0.3 is 5.97 Å². The van der Waals surface area contributed by atoms with Gasteiger partial charge in [-0.15, -0.1) is 5.10 Å². The molecule has 8 heteroatoms. The van der Waals surface area contributed by atoms with E-state index in [0.717, 1.165) is 24.8 Å². The smallest absolute Gasteiger partial charge is 0.306 e. The third kappa shape index (κ3) is 3.45. The minimum absolute atomic E-state index is 0.270. The second-order valence-corrected chi connectivity index (χ2v) is 9.01. The summed E-state index contributed by atoms with van der Waals surface area (Å²) in [4.78, 5) is 26.9. The molecule has 1 saturated heterocycles. The molecule has 0 unspecified atom stereocenters. The van der Waals surface area contributed by atoms with Crippen molar-refractivity contribution in [2.75, 3.05) is 18.0 Å². The first-order valence-corrected chi connectivity index (χ1v) is 11.3. The van der Waals surface area contributed by atoms with Crippen molar-refractivity contribution in [3.63, 3.8) is 0 Å². The summed E-state index contributed by atoms with van der Waals surface area (Å²) in [6, 6.07) is 10.1. The summed E-state index contributed by atoms with van der Waals surface area (Å²) in [6.45, 7) is 0.871. The number of carbonyl (C=O) groups is 2. The number of piperidine rings is 1. The van der Waals surface area contributed by atoms with Crippen LogP contribution in [0.2, 0.25) is 5.02 Å². The van der Waals surface area contributed by atoms with Crippen LogP contribution in [0.5, 0.6) is 0 Å². The topological polar surface area (TPSA) is 75.4 Å². The van der Waals surface area contributed by atoms with E-state index in [1.165, 1.54) is 10.7 Å². The van der Waals surface area contributed by atoms with Gasteiger partial charge in [-0.2, -0.15) is 4.68 Å². The van der Waals surface area contributed by atoms with Crippen LogP contribution < -0.4 is 4.90 Å². The Balaban J connectivity index is 1.59. The molecule has 0 bridgehead atoms. The van der Waals surface area contributed by atoms with Gasteiger partial charge in [0.15, 0.2) is 5.82 Å². The second kappa shape index (κ2) is 8.20. The van der Waals surface area contributed by atoms with E-state index in [2.05, 4.69) is 5.10 Å². The molecule has 1 N–H and O–H groups in total. The molecular formula is C24H23ClFN3O3. The number of carboxylic acid groups (broad SMARTS) is 1. The van der Waals surface area contributed by atoms with Crippen LogP contribution in [0.1, 0.15) is 53.9 Å². The quantitative estimate of drug-likeness (QED) is 0.593. The van der Waals surface area contributed by atoms with Gasteiger partial charge in [-0.1, -0.05) is 36.2 Å². The van der Waals surface area contributed by atoms with Crippen molar-refractivity contribution in [3.8, 4) is 0 Å². The highest BCUT2D eigenvalue weighted by Gasteiger charge is 2.31. The molecule has 1 aliphatic carbocycles. The molecule has 0 atom stereocenters. The fourth-order valence-corrected chi connectivity index (χ4v) is 5.02. The van der Waals surface area contributed by atoms with Crippen molar-refractivity contribution >= 4 is 40.2 Å². The molecule has 0 spiro atoms. The van der Waals surface area contributed by atoms with Gasteiger partial charge in [0.05, 0.1) is 27.4 Å². The molecular weight excluding hydrogens is 433 g/mol. The van der Waals surface area contributed by atoms with Gasteiger partial charge in [0, 0.05) is 13.1 Å². The van der Waals surface area contributed by atoms with Gasteiger partial charge < -0.3 is 10.0 Å². The molecule has 2 heterocycles. The van der Waals surface area contributed by atoms with Gasteiger partial charge in [-0.25, -0.2) is 4.39 Å². The summed E-state index contributed by atoms with van der Waals surface area (Å²) in [5.41, 5.74) is 1.71. The summed E-state index contributed by atoms with van der Waals surface area (Å²) in [7, 11) is 0. The largest absolute Gasteiger partial charge is 0.481 e. The molecule has 166 valence electrons. The normalized spacial score (nSPS) is 17.5. The minimum atomic E-state index is -0.816. The summed E-state index contributed by atoms with van der Waals surface area (Å²) < 4.78 is 16.2. The van der Waals surface area contributed by atoms with Gasteiger partial charge in [0.2, 0.25) is 0 Å². The Kier molecular flexibility index (Phi) is 5.37. The number of aliphatic carboxylic acids is 1. The van der Waals surface area contributed by atoms with Crippen LogP contribution >= 0.6 is 11.6 Å². The first-order valence-electron chi connectivity index (χ1n) is 10.9.